The van der Waals surface area contributed by atoms with Crippen LogP contribution >= 0.6 is 11.6 Å². The van der Waals surface area contributed by atoms with Gasteiger partial charge in [-0.3, -0.25) is 28.9 Å². The highest BCUT2D eigenvalue weighted by Crippen LogP contribution is 2.32. The number of nitrogens with one attached hydrogen (secondary N) is 2. The van der Waals surface area contributed by atoms with E-state index in [1.165, 1.54) is 35.6 Å². The number of imide groups is 1. The molecule has 14 nitrogen and oxygen atoms in total. The van der Waals surface area contributed by atoms with Gasteiger partial charge in [-0.05, 0) is 36.4 Å². The van der Waals surface area contributed by atoms with Crippen molar-refractivity contribution in [2.45, 2.75) is 0 Å². The molecule has 0 unspecified atom stereocenters. The van der Waals surface area contributed by atoms with Gasteiger partial charge in [0.05, 0.1) is 35.0 Å². The van der Waals surface area contributed by atoms with E-state index in [1.807, 2.05) is 0 Å². The molecule has 1 saturated heterocycles. The lowest BCUT2D eigenvalue weighted by molar-refractivity contribution is -0.125. The largest absolute Gasteiger partial charge is 0.489 e. The van der Waals surface area contributed by atoms with Crippen LogP contribution in [-0.2, 0) is 9.53 Å². The molecule has 46 heavy (non-hydrogen) atoms. The van der Waals surface area contributed by atoms with Crippen molar-refractivity contribution in [2.75, 3.05) is 48.4 Å². The van der Waals surface area contributed by atoms with Crippen LogP contribution in [0.15, 0.2) is 73.2 Å². The molecular weight excluding hydrogens is 618 g/mol. The summed E-state index contributed by atoms with van der Waals surface area (Å²) in [5, 5.41) is 5.62. The predicted octanol–water partition coefficient (Wildman–Crippen LogP) is 3.07. The second kappa shape index (κ2) is 13.1. The van der Waals surface area contributed by atoms with Crippen LogP contribution < -0.4 is 20.3 Å². The number of carbonyl (C=O) groups excluding carboxylic acids is 5. The van der Waals surface area contributed by atoms with Crippen molar-refractivity contribution in [3.8, 4) is 5.75 Å². The Kier molecular flexibility index (Phi) is 8.63. The number of ether oxygens (including phenoxy) is 2. The molecule has 232 valence electrons. The van der Waals surface area contributed by atoms with Gasteiger partial charge < -0.3 is 25.0 Å². The summed E-state index contributed by atoms with van der Waals surface area (Å²) in [6.07, 6.45) is 3.88. The third-order valence-electron chi connectivity index (χ3n) is 7.06. The second-order valence-electron chi connectivity index (χ2n) is 9.96. The van der Waals surface area contributed by atoms with Crippen molar-refractivity contribution in [2.24, 2.45) is 0 Å². The zero-order valence-electron chi connectivity index (χ0n) is 23.9. The summed E-state index contributed by atoms with van der Waals surface area (Å²) in [6, 6.07) is 14.3. The van der Waals surface area contributed by atoms with Gasteiger partial charge in [-0.15, -0.1) is 0 Å². The SMILES string of the molecule is O=C(Nc1ccc(Cl)cn1)c1nccnc1C(=O)Nc1ccc(N2CCOCC2=O)cc1OCCN1C(=O)c2ccccc2C1=O. The molecule has 2 aliphatic rings. The molecule has 15 heteroatoms. The Morgan fingerprint density at radius 3 is 2.24 bits per heavy atom. The third-order valence-corrected chi connectivity index (χ3v) is 7.28. The zero-order valence-corrected chi connectivity index (χ0v) is 24.7. The molecule has 0 bridgehead atoms. The highest BCUT2D eigenvalue weighted by molar-refractivity contribution is 6.30. The molecule has 5 amide bonds. The van der Waals surface area contributed by atoms with Crippen molar-refractivity contribution in [3.63, 3.8) is 0 Å². The van der Waals surface area contributed by atoms with Crippen LogP contribution in [0.3, 0.4) is 0 Å². The summed E-state index contributed by atoms with van der Waals surface area (Å²) in [5.74, 6) is -2.31. The number of aromatic nitrogens is 3. The Morgan fingerprint density at radius 1 is 0.891 bits per heavy atom. The molecule has 4 heterocycles. The number of pyridine rings is 1. The Balaban J connectivity index is 1.22. The van der Waals surface area contributed by atoms with E-state index in [-0.39, 0.29) is 54.3 Å². The maximum atomic E-state index is 13.5. The Bertz CT molecular complexity index is 1830. The second-order valence-corrected chi connectivity index (χ2v) is 10.4. The van der Waals surface area contributed by atoms with E-state index in [1.54, 1.807) is 42.5 Å². The number of rotatable bonds is 9. The Labute approximate surface area is 266 Å². The van der Waals surface area contributed by atoms with Gasteiger partial charge in [-0.1, -0.05) is 23.7 Å². The van der Waals surface area contributed by atoms with E-state index in [4.69, 9.17) is 21.1 Å². The predicted molar refractivity (Wildman–Crippen MR) is 164 cm³/mol. The van der Waals surface area contributed by atoms with E-state index >= 15 is 0 Å². The summed E-state index contributed by atoms with van der Waals surface area (Å²) in [4.78, 5) is 79.3. The molecule has 0 saturated carbocycles. The van der Waals surface area contributed by atoms with Gasteiger partial charge in [0.1, 0.15) is 24.8 Å². The van der Waals surface area contributed by atoms with E-state index < -0.39 is 23.6 Å². The van der Waals surface area contributed by atoms with Crippen molar-refractivity contribution < 1.29 is 33.4 Å². The van der Waals surface area contributed by atoms with Crippen LogP contribution in [-0.4, -0.2) is 82.3 Å². The van der Waals surface area contributed by atoms with Crippen LogP contribution in [0.1, 0.15) is 41.7 Å². The summed E-state index contributed by atoms with van der Waals surface area (Å²) in [6.45, 7) is 0.357. The molecule has 2 aromatic heterocycles. The summed E-state index contributed by atoms with van der Waals surface area (Å²) < 4.78 is 11.2. The van der Waals surface area contributed by atoms with E-state index in [2.05, 4.69) is 25.6 Å². The summed E-state index contributed by atoms with van der Waals surface area (Å²) >= 11 is 5.86. The van der Waals surface area contributed by atoms with Gasteiger partial charge in [0.25, 0.3) is 29.5 Å². The van der Waals surface area contributed by atoms with Gasteiger partial charge in [0.2, 0.25) is 0 Å². The van der Waals surface area contributed by atoms with Crippen LogP contribution in [0.2, 0.25) is 5.02 Å². The maximum Gasteiger partial charge on any atom is 0.277 e. The normalized spacial score (nSPS) is 14.2. The van der Waals surface area contributed by atoms with Crippen molar-refractivity contribution in [1.29, 1.82) is 0 Å². The minimum absolute atomic E-state index is 0.0757. The molecule has 6 rings (SSSR count). The average Bonchev–Trinajstić information content (AvgIpc) is 3.31. The van der Waals surface area contributed by atoms with Crippen molar-refractivity contribution >= 4 is 58.3 Å². The molecule has 0 atom stereocenters. The Morgan fingerprint density at radius 2 is 1.59 bits per heavy atom. The standard InChI is InChI=1S/C31H24ClN7O7/c32-18-5-8-24(35-16-18)37-29(42)27-26(33-9-10-34-27)28(41)36-22-7-6-19(38-11-13-45-17-25(38)40)15-23(22)46-14-12-39-30(43)20-3-1-2-4-21(20)31(39)44/h1-10,15-16H,11-14,17H2,(H,36,41)(H,35,37,42). The van der Waals surface area contributed by atoms with E-state index in [0.717, 1.165) is 4.90 Å². The number of benzene rings is 2. The number of anilines is 3. The van der Waals surface area contributed by atoms with Crippen LogP contribution in [0.4, 0.5) is 17.2 Å². The first-order valence-electron chi connectivity index (χ1n) is 14.0. The molecule has 2 aromatic carbocycles. The number of halogens is 1. The minimum atomic E-state index is -0.775. The molecule has 4 aromatic rings. The number of morpholine rings is 1. The van der Waals surface area contributed by atoms with Crippen molar-refractivity contribution in [1.82, 2.24) is 19.9 Å². The highest BCUT2D eigenvalue weighted by atomic mass is 35.5. The van der Waals surface area contributed by atoms with Gasteiger partial charge in [-0.25, -0.2) is 15.0 Å². The number of fused-ring (bicyclic) bond motifs is 1. The zero-order chi connectivity index (χ0) is 32.2. The maximum absolute atomic E-state index is 13.5. The summed E-state index contributed by atoms with van der Waals surface area (Å²) in [7, 11) is 0. The molecule has 0 spiro atoms. The number of carbonyl (C=O) groups is 5. The first-order chi connectivity index (χ1) is 22.3. The molecule has 0 aliphatic carbocycles. The van der Waals surface area contributed by atoms with Crippen LogP contribution in [0, 0.1) is 0 Å². The molecule has 2 N–H and O–H groups in total. The first-order valence-corrected chi connectivity index (χ1v) is 14.3. The lowest BCUT2D eigenvalue weighted by Crippen LogP contribution is -2.41. The van der Waals surface area contributed by atoms with E-state index in [0.29, 0.717) is 35.0 Å². The van der Waals surface area contributed by atoms with Crippen LogP contribution in [0.5, 0.6) is 5.75 Å². The molecule has 0 radical (unpaired) electrons. The lowest BCUT2D eigenvalue weighted by atomic mass is 10.1. The number of amides is 5. The minimum Gasteiger partial charge on any atom is -0.489 e. The molecule has 2 aliphatic heterocycles. The van der Waals surface area contributed by atoms with Crippen LogP contribution in [0.25, 0.3) is 0 Å². The number of nitrogens with zero attached hydrogens (tertiary/aromatic N) is 5. The number of hydrogen-bond donors (Lipinski definition) is 2. The first kappa shape index (κ1) is 30.3. The third kappa shape index (κ3) is 6.24. The topological polar surface area (TPSA) is 173 Å². The fraction of sp³-hybridized carbons (Fsp3) is 0.161. The van der Waals surface area contributed by atoms with E-state index in [9.17, 15) is 24.0 Å². The fourth-order valence-electron chi connectivity index (χ4n) is 4.86. The quantitative estimate of drug-likeness (QED) is 0.259. The van der Waals surface area contributed by atoms with Gasteiger partial charge in [0, 0.05) is 36.9 Å². The fourth-order valence-corrected chi connectivity index (χ4v) is 4.97. The number of hydrogen-bond acceptors (Lipinski definition) is 10. The lowest BCUT2D eigenvalue weighted by Gasteiger charge is -2.27. The molecular formula is C31H24ClN7O7. The Hall–Kier alpha value is -5.73. The smallest absolute Gasteiger partial charge is 0.277 e. The molecule has 1 fully saturated rings. The van der Waals surface area contributed by atoms with Crippen molar-refractivity contribution in [3.05, 3.63) is 101 Å². The monoisotopic (exact) mass is 641 g/mol. The average molecular weight is 642 g/mol. The van der Waals surface area contributed by atoms with Gasteiger partial charge in [0.15, 0.2) is 11.4 Å². The highest BCUT2D eigenvalue weighted by Gasteiger charge is 2.35. The van der Waals surface area contributed by atoms with Gasteiger partial charge >= 0.3 is 0 Å². The summed E-state index contributed by atoms with van der Waals surface area (Å²) in [5.41, 5.74) is 0.733. The van der Waals surface area contributed by atoms with Gasteiger partial charge in [-0.2, -0.15) is 0 Å².